The van der Waals surface area contributed by atoms with Crippen LogP contribution in [0.5, 0.6) is 0 Å². The van der Waals surface area contributed by atoms with Crippen LogP contribution in [0.4, 0.5) is 0 Å². The zero-order chi connectivity index (χ0) is 20.3. The Kier molecular flexibility index (Phi) is 5.36. The third-order valence-electron chi connectivity index (χ3n) is 10.2. The number of hydrogen-bond acceptors (Lipinski definition) is 4. The summed E-state index contributed by atoms with van der Waals surface area (Å²) in [6.45, 7) is 6.96. The minimum absolute atomic E-state index is 0.0774. The molecule has 0 aromatic rings. The van der Waals surface area contributed by atoms with Crippen LogP contribution in [0.1, 0.15) is 78.6 Å². The molecule has 4 heteroatoms. The molecule has 28 heavy (non-hydrogen) atoms. The number of methoxy groups -OCH3 is 1. The second-order valence-corrected chi connectivity index (χ2v) is 11.1. The minimum atomic E-state index is -0.284. The fraction of sp³-hybridized carbons (Fsp3) is 0.958. The predicted octanol–water partition coefficient (Wildman–Crippen LogP) is 4.18. The van der Waals surface area contributed by atoms with Crippen LogP contribution >= 0.6 is 0 Å². The van der Waals surface area contributed by atoms with E-state index in [4.69, 9.17) is 4.74 Å². The van der Waals surface area contributed by atoms with Gasteiger partial charge in [0.1, 0.15) is 0 Å². The van der Waals surface area contributed by atoms with Crippen LogP contribution in [0.25, 0.3) is 0 Å². The Bertz CT molecular complexity index is 605. The molecule has 0 saturated heterocycles. The zero-order valence-electron chi connectivity index (χ0n) is 18.2. The van der Waals surface area contributed by atoms with Crippen molar-refractivity contribution in [3.63, 3.8) is 0 Å². The first-order valence-corrected chi connectivity index (χ1v) is 11.6. The molecule has 160 valence electrons. The lowest BCUT2D eigenvalue weighted by molar-refractivity contribution is -0.175. The Morgan fingerprint density at radius 3 is 2.54 bits per heavy atom. The van der Waals surface area contributed by atoms with E-state index in [0.29, 0.717) is 36.0 Å². The molecule has 0 radical (unpaired) electrons. The van der Waals surface area contributed by atoms with Crippen molar-refractivity contribution in [2.45, 2.75) is 90.8 Å². The summed E-state index contributed by atoms with van der Waals surface area (Å²) in [5.41, 5.74) is 0.201. The van der Waals surface area contributed by atoms with Crippen LogP contribution in [0, 0.1) is 46.3 Å². The maximum absolute atomic E-state index is 11.9. The van der Waals surface area contributed by atoms with Gasteiger partial charge in [-0.1, -0.05) is 20.8 Å². The molecule has 4 fully saturated rings. The van der Waals surface area contributed by atoms with Crippen molar-refractivity contribution in [2.24, 2.45) is 46.3 Å². The number of carbonyl (C=O) groups is 1. The van der Waals surface area contributed by atoms with Gasteiger partial charge in [-0.05, 0) is 97.7 Å². The Labute approximate surface area is 170 Å². The van der Waals surface area contributed by atoms with E-state index in [9.17, 15) is 15.0 Å². The normalized spacial score (nSPS) is 51.6. The molecule has 0 heterocycles. The second kappa shape index (κ2) is 7.27. The van der Waals surface area contributed by atoms with Crippen molar-refractivity contribution in [1.82, 2.24) is 0 Å². The number of ether oxygens (including phenoxy) is 1. The van der Waals surface area contributed by atoms with E-state index < -0.39 is 0 Å². The SMILES string of the molecule is COC(=O)C[C@H](C)[C@@H]1CC[C@@H]2[C@@H]3CC[C@@H]4C[C@H](O)CC[C@]4(C)[C@@H]3C[C@H](O)[C@@]21C. The van der Waals surface area contributed by atoms with Crippen LogP contribution in [0.15, 0.2) is 0 Å². The summed E-state index contributed by atoms with van der Waals surface area (Å²) in [5, 5.41) is 21.7. The highest BCUT2D eigenvalue weighted by molar-refractivity contribution is 5.69. The highest BCUT2D eigenvalue weighted by atomic mass is 16.5. The van der Waals surface area contributed by atoms with E-state index in [1.165, 1.54) is 26.4 Å². The standard InChI is InChI=1S/C24H40O4/c1-14(11-22(27)28-4)18-7-8-19-17-6-5-15-12-16(25)9-10-23(15,2)20(17)13-21(26)24(18,19)3/h14-21,25-26H,5-13H2,1-4H3/t14-,15+,16+,17-,18-,19+,20+,21-,23-,24+/m0/s1. The molecule has 4 saturated carbocycles. The Morgan fingerprint density at radius 2 is 1.82 bits per heavy atom. The smallest absolute Gasteiger partial charge is 0.305 e. The van der Waals surface area contributed by atoms with E-state index >= 15 is 0 Å². The first kappa shape index (κ1) is 20.7. The lowest BCUT2D eigenvalue weighted by atomic mass is 9.43. The molecule has 4 rings (SSSR count). The van der Waals surface area contributed by atoms with Gasteiger partial charge in [0.05, 0.1) is 19.3 Å². The Balaban J connectivity index is 1.58. The van der Waals surface area contributed by atoms with Crippen molar-refractivity contribution in [2.75, 3.05) is 7.11 Å². The van der Waals surface area contributed by atoms with Gasteiger partial charge >= 0.3 is 5.97 Å². The van der Waals surface area contributed by atoms with Gasteiger partial charge in [-0.2, -0.15) is 0 Å². The number of fused-ring (bicyclic) bond motifs is 5. The van der Waals surface area contributed by atoms with Gasteiger partial charge in [-0.15, -0.1) is 0 Å². The van der Waals surface area contributed by atoms with Crippen molar-refractivity contribution >= 4 is 5.97 Å². The number of rotatable bonds is 3. The van der Waals surface area contributed by atoms with E-state index in [2.05, 4.69) is 20.8 Å². The van der Waals surface area contributed by atoms with Gasteiger partial charge in [-0.3, -0.25) is 4.79 Å². The zero-order valence-corrected chi connectivity index (χ0v) is 18.2. The highest BCUT2D eigenvalue weighted by Gasteiger charge is 2.63. The number of carbonyl (C=O) groups excluding carboxylic acids is 1. The van der Waals surface area contributed by atoms with Crippen LogP contribution in [0.2, 0.25) is 0 Å². The molecular weight excluding hydrogens is 352 g/mol. The first-order valence-electron chi connectivity index (χ1n) is 11.6. The maximum atomic E-state index is 11.9. The second-order valence-electron chi connectivity index (χ2n) is 11.1. The van der Waals surface area contributed by atoms with Gasteiger partial charge in [-0.25, -0.2) is 0 Å². The first-order chi connectivity index (χ1) is 13.2. The van der Waals surface area contributed by atoms with Gasteiger partial charge in [0.2, 0.25) is 0 Å². The minimum Gasteiger partial charge on any atom is -0.469 e. The van der Waals surface area contributed by atoms with E-state index in [1.807, 2.05) is 0 Å². The molecule has 4 nitrogen and oxygen atoms in total. The lowest BCUT2D eigenvalue weighted by Crippen LogP contribution is -2.58. The monoisotopic (exact) mass is 392 g/mol. The molecule has 0 unspecified atom stereocenters. The maximum Gasteiger partial charge on any atom is 0.305 e. The number of hydrogen-bond donors (Lipinski definition) is 2. The lowest BCUT2D eigenvalue weighted by Gasteiger charge is -2.62. The van der Waals surface area contributed by atoms with Crippen LogP contribution in [-0.4, -0.2) is 35.5 Å². The Hall–Kier alpha value is -0.610. The molecule has 0 aliphatic heterocycles. The van der Waals surface area contributed by atoms with E-state index in [-0.39, 0.29) is 34.9 Å². The molecule has 10 atom stereocenters. The summed E-state index contributed by atoms with van der Waals surface area (Å²) < 4.78 is 4.92. The molecule has 0 aromatic heterocycles. The van der Waals surface area contributed by atoms with E-state index in [0.717, 1.165) is 32.1 Å². The number of aliphatic hydroxyl groups excluding tert-OH is 2. The average molecular weight is 393 g/mol. The molecule has 0 aromatic carbocycles. The quantitative estimate of drug-likeness (QED) is 0.707. The molecule has 4 aliphatic carbocycles. The summed E-state index contributed by atoms with van der Waals surface area (Å²) in [5.74, 6) is 2.98. The summed E-state index contributed by atoms with van der Waals surface area (Å²) in [4.78, 5) is 11.9. The Morgan fingerprint density at radius 1 is 1.07 bits per heavy atom. The van der Waals surface area contributed by atoms with Gasteiger partial charge in [0, 0.05) is 6.42 Å². The van der Waals surface area contributed by atoms with Crippen molar-refractivity contribution in [3.05, 3.63) is 0 Å². The van der Waals surface area contributed by atoms with Crippen LogP contribution in [-0.2, 0) is 9.53 Å². The fourth-order valence-corrected chi connectivity index (χ4v) is 8.65. The van der Waals surface area contributed by atoms with Crippen LogP contribution in [0.3, 0.4) is 0 Å². The van der Waals surface area contributed by atoms with Gasteiger partial charge < -0.3 is 14.9 Å². The molecule has 4 aliphatic rings. The van der Waals surface area contributed by atoms with Gasteiger partial charge in [0.25, 0.3) is 0 Å². The molecule has 0 bridgehead atoms. The van der Waals surface area contributed by atoms with Crippen molar-refractivity contribution in [3.8, 4) is 0 Å². The molecular formula is C24H40O4. The largest absolute Gasteiger partial charge is 0.469 e. The predicted molar refractivity (Wildman–Crippen MR) is 108 cm³/mol. The van der Waals surface area contributed by atoms with Crippen LogP contribution < -0.4 is 0 Å². The topological polar surface area (TPSA) is 66.8 Å². The van der Waals surface area contributed by atoms with Crippen molar-refractivity contribution < 1.29 is 19.7 Å². The highest BCUT2D eigenvalue weighted by Crippen LogP contribution is 2.68. The summed E-state index contributed by atoms with van der Waals surface area (Å²) in [6, 6.07) is 0. The number of aliphatic hydroxyl groups is 2. The third kappa shape index (κ3) is 2.96. The van der Waals surface area contributed by atoms with Gasteiger partial charge in [0.15, 0.2) is 0 Å². The van der Waals surface area contributed by atoms with E-state index in [1.54, 1.807) is 0 Å². The number of esters is 1. The summed E-state index contributed by atoms with van der Waals surface area (Å²) >= 11 is 0. The molecule has 0 amide bonds. The molecule has 2 N–H and O–H groups in total. The summed E-state index contributed by atoms with van der Waals surface area (Å²) in [7, 11) is 1.47. The molecule has 0 spiro atoms. The van der Waals surface area contributed by atoms with Crippen molar-refractivity contribution in [1.29, 1.82) is 0 Å². The average Bonchev–Trinajstić information content (AvgIpc) is 3.02. The third-order valence-corrected chi connectivity index (χ3v) is 10.2. The fourth-order valence-electron chi connectivity index (χ4n) is 8.65. The summed E-state index contributed by atoms with van der Waals surface area (Å²) in [6.07, 6.45) is 8.75.